The summed E-state index contributed by atoms with van der Waals surface area (Å²) in [6.07, 6.45) is 0. The van der Waals surface area contributed by atoms with E-state index in [1.54, 1.807) is 31.2 Å². The molecule has 0 aliphatic carbocycles. The van der Waals surface area contributed by atoms with Gasteiger partial charge in [0.05, 0.1) is 12.3 Å². The Morgan fingerprint density at radius 1 is 1.12 bits per heavy atom. The summed E-state index contributed by atoms with van der Waals surface area (Å²) in [7, 11) is 0. The normalized spacial score (nSPS) is 10.6. The second-order valence-electron chi connectivity index (χ2n) is 5.07. The van der Waals surface area contributed by atoms with Crippen LogP contribution >= 0.6 is 11.3 Å². The Hall–Kier alpha value is -3.13. The second-order valence-corrected chi connectivity index (χ2v) is 5.95. The molecule has 3 rings (SSSR count). The number of carbonyl (C=O) groups is 1. The molecule has 0 radical (unpaired) electrons. The van der Waals surface area contributed by atoms with Crippen LogP contribution in [-0.2, 0) is 4.74 Å². The van der Waals surface area contributed by atoms with Gasteiger partial charge in [0.1, 0.15) is 11.4 Å². The highest BCUT2D eigenvalue weighted by Gasteiger charge is 2.24. The zero-order valence-electron chi connectivity index (χ0n) is 13.2. The summed E-state index contributed by atoms with van der Waals surface area (Å²) in [5.74, 6) is -0.965. The van der Waals surface area contributed by atoms with Gasteiger partial charge in [-0.2, -0.15) is 0 Å². The molecule has 2 aromatic carbocycles. The van der Waals surface area contributed by atoms with Gasteiger partial charge >= 0.3 is 5.97 Å². The van der Waals surface area contributed by atoms with Crippen LogP contribution in [0.3, 0.4) is 0 Å². The molecule has 0 saturated heterocycles. The summed E-state index contributed by atoms with van der Waals surface area (Å²) in [5.41, 5.74) is -0.374. The lowest BCUT2D eigenvalue weighted by Crippen LogP contribution is -2.35. The minimum absolute atomic E-state index is 0.0283. The highest BCUT2D eigenvalue weighted by atomic mass is 32.1. The lowest BCUT2D eigenvalue weighted by atomic mass is 10.1. The van der Waals surface area contributed by atoms with Gasteiger partial charge in [-0.3, -0.25) is 9.59 Å². The smallest absolute Gasteiger partial charge is 0.352 e. The van der Waals surface area contributed by atoms with Crippen molar-refractivity contribution in [2.75, 3.05) is 17.2 Å². The van der Waals surface area contributed by atoms with Crippen molar-refractivity contribution in [2.24, 2.45) is 0 Å². The number of hydrogen-bond acceptors (Lipinski definition) is 8. The molecule has 0 amide bonds. The number of ether oxygens (including phenoxy) is 1. The van der Waals surface area contributed by atoms with Gasteiger partial charge in [0, 0.05) is 11.1 Å². The molecule has 8 heteroatoms. The molecule has 0 saturated carbocycles. The van der Waals surface area contributed by atoms with Crippen LogP contribution < -0.4 is 21.5 Å². The van der Waals surface area contributed by atoms with Gasteiger partial charge in [0.25, 0.3) is 10.9 Å². The van der Waals surface area contributed by atoms with Crippen molar-refractivity contribution in [3.8, 4) is 5.75 Å². The van der Waals surface area contributed by atoms with Crippen molar-refractivity contribution >= 4 is 40.1 Å². The molecule has 0 bridgehead atoms. The summed E-state index contributed by atoms with van der Waals surface area (Å²) in [6.45, 7) is 1.84. The number of thiophene rings is 1. The maximum atomic E-state index is 11.8. The SMILES string of the molecule is CCOC(=O)c1scc(Nc2c(Nc3ccccc3)c(=O)c2=O)c1O. The maximum Gasteiger partial charge on any atom is 0.352 e. The standard InChI is InChI=1S/C17H14N2O5S/c1-2-24-17(23)16-13(20)10(8-25-16)19-12-11(14(21)15(12)22)18-9-6-4-3-5-7-9/h3-8,18-20H,2H2,1H3. The molecule has 0 aliphatic heterocycles. The van der Waals surface area contributed by atoms with Gasteiger partial charge in [-0.1, -0.05) is 18.2 Å². The number of benzene rings is 1. The molecule has 0 fully saturated rings. The van der Waals surface area contributed by atoms with Crippen molar-refractivity contribution < 1.29 is 14.6 Å². The lowest BCUT2D eigenvalue weighted by Gasteiger charge is -2.14. The maximum absolute atomic E-state index is 11.8. The Kier molecular flexibility index (Phi) is 4.53. The molecule has 0 unspecified atom stereocenters. The fraction of sp³-hybridized carbons (Fsp3) is 0.118. The van der Waals surface area contributed by atoms with Crippen LogP contribution in [0.15, 0.2) is 45.3 Å². The third kappa shape index (κ3) is 3.11. The van der Waals surface area contributed by atoms with E-state index in [0.29, 0.717) is 5.69 Å². The van der Waals surface area contributed by atoms with Crippen LogP contribution in [0.2, 0.25) is 0 Å². The molecule has 0 atom stereocenters. The molecule has 0 spiro atoms. The average molecular weight is 358 g/mol. The van der Waals surface area contributed by atoms with Crippen LogP contribution in [0.1, 0.15) is 16.6 Å². The first kappa shape index (κ1) is 16.7. The van der Waals surface area contributed by atoms with Gasteiger partial charge in [-0.15, -0.1) is 11.3 Å². The third-order valence-corrected chi connectivity index (χ3v) is 4.39. The first-order valence-corrected chi connectivity index (χ1v) is 8.30. The van der Waals surface area contributed by atoms with E-state index in [2.05, 4.69) is 10.6 Å². The number of nitrogens with one attached hydrogen (secondary N) is 2. The summed E-state index contributed by atoms with van der Waals surface area (Å²) < 4.78 is 4.84. The van der Waals surface area contributed by atoms with Gasteiger partial charge in [0.2, 0.25) is 0 Å². The van der Waals surface area contributed by atoms with Gasteiger partial charge in [-0.25, -0.2) is 4.79 Å². The monoisotopic (exact) mass is 358 g/mol. The molecule has 1 heterocycles. The number of hydrogen-bond donors (Lipinski definition) is 3. The molecule has 3 aromatic rings. The zero-order valence-corrected chi connectivity index (χ0v) is 14.0. The van der Waals surface area contributed by atoms with Gasteiger partial charge in [-0.05, 0) is 19.1 Å². The molecule has 7 nitrogen and oxygen atoms in total. The van der Waals surface area contributed by atoms with E-state index < -0.39 is 16.8 Å². The number of esters is 1. The quantitative estimate of drug-likeness (QED) is 0.460. The van der Waals surface area contributed by atoms with E-state index in [0.717, 1.165) is 11.3 Å². The molecule has 128 valence electrons. The fourth-order valence-corrected chi connectivity index (χ4v) is 3.00. The Labute approximate surface area is 146 Å². The Balaban J connectivity index is 1.85. The van der Waals surface area contributed by atoms with Gasteiger partial charge < -0.3 is 20.5 Å². The van der Waals surface area contributed by atoms with Crippen LogP contribution in [0.4, 0.5) is 22.7 Å². The van der Waals surface area contributed by atoms with Crippen molar-refractivity contribution in [3.05, 3.63) is 61.0 Å². The first-order valence-electron chi connectivity index (χ1n) is 7.43. The van der Waals surface area contributed by atoms with Crippen LogP contribution in [-0.4, -0.2) is 17.7 Å². The van der Waals surface area contributed by atoms with Crippen molar-refractivity contribution in [1.82, 2.24) is 0 Å². The third-order valence-electron chi connectivity index (χ3n) is 3.44. The minimum Gasteiger partial charge on any atom is -0.504 e. The zero-order chi connectivity index (χ0) is 18.0. The predicted octanol–water partition coefficient (Wildman–Crippen LogP) is 2.71. The Bertz CT molecular complexity index is 987. The molecular formula is C17H14N2O5S. The summed E-state index contributed by atoms with van der Waals surface area (Å²) in [6, 6.07) is 8.91. The van der Waals surface area contributed by atoms with E-state index >= 15 is 0 Å². The Morgan fingerprint density at radius 3 is 2.40 bits per heavy atom. The van der Waals surface area contributed by atoms with Crippen LogP contribution in [0.25, 0.3) is 0 Å². The highest BCUT2D eigenvalue weighted by molar-refractivity contribution is 7.13. The number of rotatable bonds is 6. The summed E-state index contributed by atoms with van der Waals surface area (Å²) >= 11 is 0.982. The van der Waals surface area contributed by atoms with E-state index in [4.69, 9.17) is 4.74 Å². The molecule has 25 heavy (non-hydrogen) atoms. The summed E-state index contributed by atoms with van der Waals surface area (Å²) in [5, 5.41) is 17.2. The van der Waals surface area contributed by atoms with E-state index in [1.807, 2.05) is 6.07 Å². The number of anilines is 4. The summed E-state index contributed by atoms with van der Waals surface area (Å²) in [4.78, 5) is 35.4. The van der Waals surface area contributed by atoms with Crippen molar-refractivity contribution in [2.45, 2.75) is 6.92 Å². The lowest BCUT2D eigenvalue weighted by molar-refractivity contribution is 0.0529. The van der Waals surface area contributed by atoms with Crippen LogP contribution in [0, 0.1) is 0 Å². The molecule has 0 aliphatic rings. The van der Waals surface area contributed by atoms with Crippen LogP contribution in [0.5, 0.6) is 5.75 Å². The minimum atomic E-state index is -0.693. The Morgan fingerprint density at radius 2 is 1.76 bits per heavy atom. The first-order chi connectivity index (χ1) is 12.0. The highest BCUT2D eigenvalue weighted by Crippen LogP contribution is 2.37. The fourth-order valence-electron chi connectivity index (χ4n) is 2.21. The predicted molar refractivity (Wildman–Crippen MR) is 96.3 cm³/mol. The topological polar surface area (TPSA) is 105 Å². The largest absolute Gasteiger partial charge is 0.504 e. The van der Waals surface area contributed by atoms with E-state index in [9.17, 15) is 19.5 Å². The van der Waals surface area contributed by atoms with Crippen molar-refractivity contribution in [1.29, 1.82) is 0 Å². The number of carbonyl (C=O) groups excluding carboxylic acids is 1. The second kappa shape index (κ2) is 6.78. The molecular weight excluding hydrogens is 344 g/mol. The molecule has 3 N–H and O–H groups in total. The number of para-hydroxylation sites is 1. The van der Waals surface area contributed by atoms with Gasteiger partial charge in [0.15, 0.2) is 10.6 Å². The van der Waals surface area contributed by atoms with Crippen molar-refractivity contribution in [3.63, 3.8) is 0 Å². The van der Waals surface area contributed by atoms with E-state index in [-0.39, 0.29) is 34.3 Å². The number of aromatic hydroxyl groups is 1. The molecule has 1 aromatic heterocycles. The average Bonchev–Trinajstić information content (AvgIpc) is 2.99. The van der Waals surface area contributed by atoms with E-state index in [1.165, 1.54) is 5.38 Å².